The second kappa shape index (κ2) is 6.87. The average molecular weight is 331 g/mol. The van der Waals surface area contributed by atoms with E-state index < -0.39 is 0 Å². The minimum Gasteiger partial charge on any atom is -0.457 e. The van der Waals surface area contributed by atoms with E-state index in [1.54, 1.807) is 54.6 Å². The molecule has 0 fully saturated rings. The lowest BCUT2D eigenvalue weighted by Crippen LogP contribution is -1.81. The highest BCUT2D eigenvalue weighted by atomic mass is 35.5. The molecule has 3 aromatic rings. The van der Waals surface area contributed by atoms with E-state index in [9.17, 15) is 10.5 Å². The van der Waals surface area contributed by atoms with Crippen molar-refractivity contribution in [2.45, 2.75) is 0 Å². The summed E-state index contributed by atoms with van der Waals surface area (Å²) in [6.07, 6.45) is 1.67. The number of allylic oxidation sites excluding steroid dienone is 1. The first-order chi connectivity index (χ1) is 11.7. The van der Waals surface area contributed by atoms with E-state index in [4.69, 9.17) is 16.0 Å². The first kappa shape index (κ1) is 15.6. The highest BCUT2D eigenvalue weighted by Gasteiger charge is 2.09. The van der Waals surface area contributed by atoms with Gasteiger partial charge in [0.1, 0.15) is 11.5 Å². The van der Waals surface area contributed by atoms with E-state index in [1.165, 1.54) is 0 Å². The van der Waals surface area contributed by atoms with E-state index in [-0.39, 0.29) is 0 Å². The van der Waals surface area contributed by atoms with E-state index in [1.807, 2.05) is 12.1 Å². The predicted molar refractivity (Wildman–Crippen MR) is 93.8 cm³/mol. The Morgan fingerprint density at radius 2 is 1.71 bits per heavy atom. The summed E-state index contributed by atoms with van der Waals surface area (Å²) >= 11 is 5.87. The van der Waals surface area contributed by atoms with Gasteiger partial charge in [0.25, 0.3) is 0 Å². The molecule has 24 heavy (non-hydrogen) atoms. The van der Waals surface area contributed by atoms with Crippen molar-refractivity contribution in [3.63, 3.8) is 0 Å². The van der Waals surface area contributed by atoms with Gasteiger partial charge in [-0.05, 0) is 48.0 Å². The smallest absolute Gasteiger partial charge is 0.136 e. The number of hydrogen-bond donors (Lipinski definition) is 0. The van der Waals surface area contributed by atoms with Crippen molar-refractivity contribution in [3.05, 3.63) is 82.6 Å². The second-order valence-electron chi connectivity index (χ2n) is 5.04. The average Bonchev–Trinajstić information content (AvgIpc) is 3.09. The van der Waals surface area contributed by atoms with Gasteiger partial charge < -0.3 is 4.42 Å². The molecule has 0 aliphatic carbocycles. The number of rotatable bonds is 3. The number of nitriles is 2. The Morgan fingerprint density at radius 1 is 0.958 bits per heavy atom. The summed E-state index contributed by atoms with van der Waals surface area (Å²) in [6.45, 7) is 0. The number of furan rings is 1. The van der Waals surface area contributed by atoms with Crippen LogP contribution in [0.3, 0.4) is 0 Å². The van der Waals surface area contributed by atoms with Gasteiger partial charge in [-0.2, -0.15) is 10.5 Å². The van der Waals surface area contributed by atoms with Gasteiger partial charge in [0.2, 0.25) is 0 Å². The first-order valence-electron chi connectivity index (χ1n) is 7.18. The fourth-order valence-corrected chi connectivity index (χ4v) is 2.45. The van der Waals surface area contributed by atoms with Crippen molar-refractivity contribution in [1.82, 2.24) is 0 Å². The van der Waals surface area contributed by atoms with E-state index in [0.29, 0.717) is 27.7 Å². The molecular weight excluding hydrogens is 320 g/mol. The lowest BCUT2D eigenvalue weighted by Gasteiger charge is -2.00. The third-order valence-electron chi connectivity index (χ3n) is 3.50. The van der Waals surface area contributed by atoms with Gasteiger partial charge in [-0.25, -0.2) is 0 Å². The lowest BCUT2D eigenvalue weighted by molar-refractivity contribution is 0.572. The molecule has 0 bridgehead atoms. The Hall–Kier alpha value is -3.27. The van der Waals surface area contributed by atoms with Gasteiger partial charge in [-0.3, -0.25) is 0 Å². The third kappa shape index (κ3) is 3.22. The molecule has 2 aromatic carbocycles. The Labute approximate surface area is 144 Å². The summed E-state index contributed by atoms with van der Waals surface area (Å²) in [7, 11) is 0. The molecule has 1 heterocycles. The molecule has 114 valence electrons. The molecule has 0 amide bonds. The van der Waals surface area contributed by atoms with Crippen LogP contribution >= 0.6 is 11.6 Å². The molecule has 0 saturated heterocycles. The fraction of sp³-hybridized carbons (Fsp3) is 0. The van der Waals surface area contributed by atoms with Gasteiger partial charge in [0, 0.05) is 10.6 Å². The molecular formula is C20H11ClN2O. The van der Waals surface area contributed by atoms with Crippen LogP contribution in [-0.2, 0) is 0 Å². The van der Waals surface area contributed by atoms with Crippen molar-refractivity contribution in [2.24, 2.45) is 0 Å². The lowest BCUT2D eigenvalue weighted by atomic mass is 10.1. The molecule has 1 aromatic heterocycles. The Balaban J connectivity index is 1.97. The van der Waals surface area contributed by atoms with Crippen molar-refractivity contribution in [1.29, 1.82) is 10.5 Å². The van der Waals surface area contributed by atoms with Gasteiger partial charge in [-0.15, -0.1) is 0 Å². The Kier molecular flexibility index (Phi) is 4.47. The van der Waals surface area contributed by atoms with Gasteiger partial charge in [0.15, 0.2) is 0 Å². The minimum atomic E-state index is 0.473. The van der Waals surface area contributed by atoms with Crippen LogP contribution in [-0.4, -0.2) is 0 Å². The molecule has 4 heteroatoms. The fourth-order valence-electron chi connectivity index (χ4n) is 2.32. The maximum absolute atomic E-state index is 9.38. The largest absolute Gasteiger partial charge is 0.457 e. The summed E-state index contributed by atoms with van der Waals surface area (Å²) in [5, 5.41) is 19.2. The quantitative estimate of drug-likeness (QED) is 0.593. The zero-order chi connectivity index (χ0) is 16.9. The van der Waals surface area contributed by atoms with Crippen LogP contribution in [0.1, 0.15) is 16.9 Å². The van der Waals surface area contributed by atoms with Crippen LogP contribution in [0.15, 0.2) is 65.1 Å². The zero-order valence-electron chi connectivity index (χ0n) is 12.5. The molecule has 0 atom stereocenters. The predicted octanol–water partition coefficient (Wildman–Crippen LogP) is 5.54. The third-order valence-corrected chi connectivity index (χ3v) is 3.75. The zero-order valence-corrected chi connectivity index (χ0v) is 13.3. The van der Waals surface area contributed by atoms with Gasteiger partial charge >= 0.3 is 0 Å². The summed E-state index contributed by atoms with van der Waals surface area (Å²) in [6, 6.07) is 22.1. The molecule has 0 N–H and O–H groups in total. The molecule has 3 nitrogen and oxygen atoms in total. The normalized spacial score (nSPS) is 10.9. The van der Waals surface area contributed by atoms with Crippen LogP contribution in [0, 0.1) is 22.7 Å². The summed E-state index contributed by atoms with van der Waals surface area (Å²) in [5.41, 5.74) is 2.50. The summed E-state index contributed by atoms with van der Waals surface area (Å²) in [4.78, 5) is 0. The van der Waals surface area contributed by atoms with Crippen LogP contribution in [0.2, 0.25) is 5.02 Å². The standard InChI is InChI=1S/C20H11ClN2O/c21-17-7-5-14(6-8-17)16(13-23)11-18-9-10-20(24-18)19-4-2-1-3-15(19)12-22/h1-11H/b16-11-. The molecule has 0 spiro atoms. The van der Waals surface area contributed by atoms with E-state index >= 15 is 0 Å². The van der Waals surface area contributed by atoms with Crippen molar-refractivity contribution in [2.75, 3.05) is 0 Å². The topological polar surface area (TPSA) is 60.7 Å². The maximum atomic E-state index is 9.38. The number of halogens is 1. The van der Waals surface area contributed by atoms with Crippen LogP contribution < -0.4 is 0 Å². The van der Waals surface area contributed by atoms with Crippen molar-refractivity contribution < 1.29 is 4.42 Å². The number of hydrogen-bond acceptors (Lipinski definition) is 3. The summed E-state index contributed by atoms with van der Waals surface area (Å²) < 4.78 is 5.79. The molecule has 0 unspecified atom stereocenters. The molecule has 0 radical (unpaired) electrons. The minimum absolute atomic E-state index is 0.473. The monoisotopic (exact) mass is 330 g/mol. The Morgan fingerprint density at radius 3 is 2.42 bits per heavy atom. The van der Waals surface area contributed by atoms with Crippen LogP contribution in [0.4, 0.5) is 0 Å². The van der Waals surface area contributed by atoms with Crippen molar-refractivity contribution >= 4 is 23.3 Å². The van der Waals surface area contributed by atoms with Crippen molar-refractivity contribution in [3.8, 4) is 23.5 Å². The highest BCUT2D eigenvalue weighted by Crippen LogP contribution is 2.27. The van der Waals surface area contributed by atoms with Gasteiger partial charge in [-0.1, -0.05) is 35.9 Å². The van der Waals surface area contributed by atoms with E-state index in [0.717, 1.165) is 11.1 Å². The number of benzene rings is 2. The number of nitrogens with zero attached hydrogens (tertiary/aromatic N) is 2. The summed E-state index contributed by atoms with van der Waals surface area (Å²) in [5.74, 6) is 1.14. The maximum Gasteiger partial charge on any atom is 0.136 e. The van der Waals surface area contributed by atoms with Crippen LogP contribution in [0.25, 0.3) is 23.0 Å². The Bertz CT molecular complexity index is 985. The molecule has 0 saturated carbocycles. The highest BCUT2D eigenvalue weighted by molar-refractivity contribution is 6.30. The SMILES string of the molecule is N#C/C(=C/c1ccc(-c2ccccc2C#N)o1)c1ccc(Cl)cc1. The molecule has 0 aliphatic heterocycles. The van der Waals surface area contributed by atoms with Gasteiger partial charge in [0.05, 0.1) is 23.3 Å². The molecule has 0 aliphatic rings. The van der Waals surface area contributed by atoms with Crippen LogP contribution in [0.5, 0.6) is 0 Å². The van der Waals surface area contributed by atoms with E-state index in [2.05, 4.69) is 12.1 Å². The first-order valence-corrected chi connectivity index (χ1v) is 7.56. The molecule has 3 rings (SSSR count). The second-order valence-corrected chi connectivity index (χ2v) is 5.47.